The third kappa shape index (κ3) is 3.96. The van der Waals surface area contributed by atoms with Gasteiger partial charge in [0.25, 0.3) is 0 Å². The number of piperazine rings is 1. The monoisotopic (exact) mass is 296 g/mol. The molecule has 0 aromatic heterocycles. The Kier molecular flexibility index (Phi) is 4.91. The molecule has 1 heterocycles. The minimum atomic E-state index is -0.745. The Balaban J connectivity index is 1.88. The minimum Gasteiger partial charge on any atom is -0.481 e. The number of hydrogen-bond acceptors (Lipinski definition) is 3. The van der Waals surface area contributed by atoms with Gasteiger partial charge in [-0.2, -0.15) is 0 Å². The second kappa shape index (κ2) is 6.34. The highest BCUT2D eigenvalue weighted by Crippen LogP contribution is 2.31. The molecule has 2 rings (SSSR count). The number of aliphatic carboxylic acids is 1. The lowest BCUT2D eigenvalue weighted by molar-refractivity contribution is -0.146. The summed E-state index contributed by atoms with van der Waals surface area (Å²) < 4.78 is 0. The van der Waals surface area contributed by atoms with Crippen LogP contribution in [0.3, 0.4) is 0 Å². The van der Waals surface area contributed by atoms with Gasteiger partial charge in [-0.1, -0.05) is 6.42 Å². The van der Waals surface area contributed by atoms with Crippen molar-refractivity contribution in [2.24, 2.45) is 11.8 Å². The van der Waals surface area contributed by atoms with E-state index < -0.39 is 5.97 Å². The van der Waals surface area contributed by atoms with Gasteiger partial charge < -0.3 is 10.0 Å². The molecule has 1 aliphatic carbocycles. The third-order valence-corrected chi connectivity index (χ3v) is 4.91. The predicted molar refractivity (Wildman–Crippen MR) is 81.0 cm³/mol. The zero-order valence-electron chi connectivity index (χ0n) is 13.5. The number of carbonyl (C=O) groups is 2. The first kappa shape index (κ1) is 16.3. The Morgan fingerprint density at radius 2 is 1.57 bits per heavy atom. The summed E-state index contributed by atoms with van der Waals surface area (Å²) in [6.07, 6.45) is 2.95. The van der Waals surface area contributed by atoms with Crippen LogP contribution in [-0.4, -0.2) is 58.5 Å². The molecular formula is C16H28N2O3. The molecule has 1 aliphatic heterocycles. The molecule has 0 aromatic rings. The summed E-state index contributed by atoms with van der Waals surface area (Å²) in [6, 6.07) is 0. The van der Waals surface area contributed by atoms with Gasteiger partial charge in [-0.25, -0.2) is 0 Å². The minimum absolute atomic E-state index is 0.0824. The van der Waals surface area contributed by atoms with E-state index in [-0.39, 0.29) is 23.3 Å². The van der Waals surface area contributed by atoms with Crippen LogP contribution in [0.1, 0.15) is 46.5 Å². The van der Waals surface area contributed by atoms with E-state index in [4.69, 9.17) is 5.11 Å². The van der Waals surface area contributed by atoms with Crippen LogP contribution in [0.15, 0.2) is 0 Å². The lowest BCUT2D eigenvalue weighted by Crippen LogP contribution is -2.55. The largest absolute Gasteiger partial charge is 0.481 e. The van der Waals surface area contributed by atoms with Gasteiger partial charge in [-0.3, -0.25) is 14.5 Å². The maximum atomic E-state index is 12.6. The lowest BCUT2D eigenvalue weighted by atomic mass is 9.80. The van der Waals surface area contributed by atoms with Crippen molar-refractivity contribution in [1.82, 2.24) is 9.80 Å². The zero-order valence-corrected chi connectivity index (χ0v) is 13.5. The number of amides is 1. The molecule has 2 aliphatic rings. The number of carboxylic acid groups (broad SMARTS) is 1. The van der Waals surface area contributed by atoms with Crippen molar-refractivity contribution in [3.05, 3.63) is 0 Å². The molecule has 21 heavy (non-hydrogen) atoms. The van der Waals surface area contributed by atoms with Crippen LogP contribution < -0.4 is 0 Å². The lowest BCUT2D eigenvalue weighted by Gasteiger charge is -2.43. The fourth-order valence-electron chi connectivity index (χ4n) is 3.49. The third-order valence-electron chi connectivity index (χ3n) is 4.91. The molecular weight excluding hydrogens is 268 g/mol. The van der Waals surface area contributed by atoms with E-state index in [0.29, 0.717) is 6.42 Å². The van der Waals surface area contributed by atoms with Crippen molar-refractivity contribution >= 4 is 11.9 Å². The molecule has 1 amide bonds. The molecule has 0 bridgehead atoms. The van der Waals surface area contributed by atoms with Crippen molar-refractivity contribution in [2.45, 2.75) is 52.0 Å². The summed E-state index contributed by atoms with van der Waals surface area (Å²) in [6.45, 7) is 9.94. The first-order valence-corrected chi connectivity index (χ1v) is 8.05. The molecule has 0 spiro atoms. The van der Waals surface area contributed by atoms with Crippen molar-refractivity contribution in [3.63, 3.8) is 0 Å². The van der Waals surface area contributed by atoms with E-state index >= 15 is 0 Å². The number of hydrogen-bond donors (Lipinski definition) is 1. The average Bonchev–Trinajstić information content (AvgIpc) is 2.46. The maximum absolute atomic E-state index is 12.6. The van der Waals surface area contributed by atoms with Crippen LogP contribution in [0.25, 0.3) is 0 Å². The van der Waals surface area contributed by atoms with Crippen LogP contribution in [-0.2, 0) is 9.59 Å². The van der Waals surface area contributed by atoms with E-state index in [9.17, 15) is 9.59 Å². The highest BCUT2D eigenvalue weighted by molar-refractivity contribution is 5.80. The van der Waals surface area contributed by atoms with Crippen molar-refractivity contribution in [2.75, 3.05) is 26.2 Å². The molecule has 1 saturated carbocycles. The maximum Gasteiger partial charge on any atom is 0.306 e. The summed E-state index contributed by atoms with van der Waals surface area (Å²) >= 11 is 0. The molecule has 2 atom stereocenters. The summed E-state index contributed by atoms with van der Waals surface area (Å²) in [5.74, 6) is -0.982. The fourth-order valence-corrected chi connectivity index (χ4v) is 3.49. The summed E-state index contributed by atoms with van der Waals surface area (Å²) in [7, 11) is 0. The van der Waals surface area contributed by atoms with Gasteiger partial charge in [0.2, 0.25) is 5.91 Å². The molecule has 120 valence electrons. The Labute approximate surface area is 127 Å². The van der Waals surface area contributed by atoms with E-state index in [2.05, 4.69) is 25.7 Å². The first-order chi connectivity index (χ1) is 9.79. The van der Waals surface area contributed by atoms with E-state index in [1.165, 1.54) is 0 Å². The smallest absolute Gasteiger partial charge is 0.306 e. The molecule has 1 saturated heterocycles. The molecule has 0 aromatic carbocycles. The Morgan fingerprint density at radius 3 is 2.10 bits per heavy atom. The van der Waals surface area contributed by atoms with Crippen LogP contribution in [0, 0.1) is 11.8 Å². The standard InChI is InChI=1S/C16H28N2O3/c1-16(2,3)18-9-7-17(8-10-18)14(19)12-5-4-6-13(11-12)15(20)21/h12-13H,4-11H2,1-3H3,(H,20,21). The number of carbonyl (C=O) groups excluding carboxylic acids is 1. The van der Waals surface area contributed by atoms with Gasteiger partial charge in [-0.15, -0.1) is 0 Å². The van der Waals surface area contributed by atoms with E-state index in [0.717, 1.165) is 45.4 Å². The first-order valence-electron chi connectivity index (χ1n) is 8.05. The molecule has 2 unspecified atom stereocenters. The van der Waals surface area contributed by atoms with Crippen molar-refractivity contribution in [3.8, 4) is 0 Å². The number of carboxylic acids is 1. The van der Waals surface area contributed by atoms with E-state index in [1.807, 2.05) is 4.90 Å². The van der Waals surface area contributed by atoms with Crippen LogP contribution in [0.2, 0.25) is 0 Å². The van der Waals surface area contributed by atoms with Gasteiger partial charge in [0, 0.05) is 37.6 Å². The van der Waals surface area contributed by atoms with Gasteiger partial charge in [0.15, 0.2) is 0 Å². The van der Waals surface area contributed by atoms with Gasteiger partial charge in [0.05, 0.1) is 5.92 Å². The molecule has 1 N–H and O–H groups in total. The number of rotatable bonds is 2. The summed E-state index contributed by atoms with van der Waals surface area (Å²) in [4.78, 5) is 28.1. The van der Waals surface area contributed by atoms with Gasteiger partial charge in [0.1, 0.15) is 0 Å². The summed E-state index contributed by atoms with van der Waals surface area (Å²) in [5.41, 5.74) is 0.147. The highest BCUT2D eigenvalue weighted by Gasteiger charge is 2.35. The molecule has 5 nitrogen and oxygen atoms in total. The second-order valence-electron chi connectivity index (χ2n) is 7.38. The topological polar surface area (TPSA) is 60.9 Å². The molecule has 5 heteroatoms. The van der Waals surface area contributed by atoms with Crippen LogP contribution >= 0.6 is 0 Å². The second-order valence-corrected chi connectivity index (χ2v) is 7.38. The van der Waals surface area contributed by atoms with E-state index in [1.54, 1.807) is 0 Å². The zero-order chi connectivity index (χ0) is 15.6. The van der Waals surface area contributed by atoms with Crippen molar-refractivity contribution in [1.29, 1.82) is 0 Å². The highest BCUT2D eigenvalue weighted by atomic mass is 16.4. The molecule has 2 fully saturated rings. The van der Waals surface area contributed by atoms with Gasteiger partial charge >= 0.3 is 5.97 Å². The Bertz CT molecular complexity index is 395. The van der Waals surface area contributed by atoms with Crippen LogP contribution in [0.5, 0.6) is 0 Å². The normalized spacial score (nSPS) is 28.4. The Hall–Kier alpha value is -1.10. The van der Waals surface area contributed by atoms with Gasteiger partial charge in [-0.05, 0) is 40.0 Å². The summed E-state index contributed by atoms with van der Waals surface area (Å²) in [5, 5.41) is 9.14. The Morgan fingerprint density at radius 1 is 1.00 bits per heavy atom. The number of nitrogens with zero attached hydrogens (tertiary/aromatic N) is 2. The quantitative estimate of drug-likeness (QED) is 0.844. The van der Waals surface area contributed by atoms with Crippen molar-refractivity contribution < 1.29 is 14.7 Å². The fraction of sp³-hybridized carbons (Fsp3) is 0.875. The predicted octanol–water partition coefficient (Wildman–Crippen LogP) is 1.82. The molecule has 0 radical (unpaired) electrons. The SMILES string of the molecule is CC(C)(C)N1CCN(C(=O)C2CCCC(C(=O)O)C2)CC1. The van der Waals surface area contributed by atoms with Crippen LogP contribution in [0.4, 0.5) is 0 Å². The average molecular weight is 296 g/mol.